The van der Waals surface area contributed by atoms with Gasteiger partial charge in [-0.1, -0.05) is 33.6 Å². The van der Waals surface area contributed by atoms with Crippen LogP contribution < -0.4 is 11.1 Å². The van der Waals surface area contributed by atoms with E-state index < -0.39 is 0 Å². The average molecular weight is 270 g/mol. The molecule has 1 fully saturated rings. The van der Waals surface area contributed by atoms with E-state index in [1.807, 2.05) is 0 Å². The number of carbonyl (C=O) groups excluding carboxylic acids is 1. The van der Waals surface area contributed by atoms with Crippen LogP contribution in [0, 0.1) is 17.3 Å². The van der Waals surface area contributed by atoms with Crippen molar-refractivity contribution in [1.82, 2.24) is 5.32 Å². The topological polar surface area (TPSA) is 75.4 Å². The first kappa shape index (κ1) is 16.4. The standard InChI is InChI=1S/C15H30N2O2/c1-15(2,3)8-12(9-16)14(19)17-13-7-5-4-6-11(13)10-18/h11-13,18H,4-10,16H2,1-3H3,(H,17,19). The molecule has 0 radical (unpaired) electrons. The second-order valence-electron chi connectivity index (χ2n) is 7.04. The van der Waals surface area contributed by atoms with Gasteiger partial charge in [-0.15, -0.1) is 0 Å². The lowest BCUT2D eigenvalue weighted by Crippen LogP contribution is -2.47. The summed E-state index contributed by atoms with van der Waals surface area (Å²) >= 11 is 0. The maximum Gasteiger partial charge on any atom is 0.224 e. The second-order valence-corrected chi connectivity index (χ2v) is 7.04. The van der Waals surface area contributed by atoms with Crippen molar-refractivity contribution >= 4 is 5.91 Å². The molecule has 1 rings (SSSR count). The lowest BCUT2D eigenvalue weighted by Gasteiger charge is -2.33. The minimum atomic E-state index is -0.124. The Balaban J connectivity index is 2.55. The molecule has 1 amide bonds. The van der Waals surface area contributed by atoms with E-state index in [4.69, 9.17) is 5.73 Å². The lowest BCUT2D eigenvalue weighted by atomic mass is 9.82. The van der Waals surface area contributed by atoms with Gasteiger partial charge in [0.25, 0.3) is 0 Å². The molecule has 1 aliphatic rings. The van der Waals surface area contributed by atoms with E-state index in [1.54, 1.807) is 0 Å². The summed E-state index contributed by atoms with van der Waals surface area (Å²) in [5, 5.41) is 12.5. The number of nitrogens with two attached hydrogens (primary N) is 1. The molecule has 0 aromatic carbocycles. The summed E-state index contributed by atoms with van der Waals surface area (Å²) in [6.07, 6.45) is 5.07. The molecule has 0 heterocycles. The number of hydrogen-bond donors (Lipinski definition) is 3. The van der Waals surface area contributed by atoms with E-state index in [0.29, 0.717) is 6.54 Å². The monoisotopic (exact) mass is 270 g/mol. The van der Waals surface area contributed by atoms with Crippen molar-refractivity contribution in [3.05, 3.63) is 0 Å². The van der Waals surface area contributed by atoms with E-state index in [9.17, 15) is 9.90 Å². The zero-order valence-corrected chi connectivity index (χ0v) is 12.6. The van der Waals surface area contributed by atoms with Gasteiger partial charge in [0.2, 0.25) is 5.91 Å². The van der Waals surface area contributed by atoms with Crippen molar-refractivity contribution in [2.75, 3.05) is 13.2 Å². The van der Waals surface area contributed by atoms with Gasteiger partial charge in [0.1, 0.15) is 0 Å². The number of amides is 1. The van der Waals surface area contributed by atoms with Gasteiger partial charge in [0, 0.05) is 25.1 Å². The van der Waals surface area contributed by atoms with Gasteiger partial charge in [0.15, 0.2) is 0 Å². The summed E-state index contributed by atoms with van der Waals surface area (Å²) < 4.78 is 0. The van der Waals surface area contributed by atoms with Crippen LogP contribution >= 0.6 is 0 Å². The third-order valence-electron chi connectivity index (χ3n) is 3.99. The number of nitrogens with one attached hydrogen (secondary N) is 1. The van der Waals surface area contributed by atoms with E-state index in [0.717, 1.165) is 32.1 Å². The molecular weight excluding hydrogens is 240 g/mol. The second kappa shape index (κ2) is 7.25. The van der Waals surface area contributed by atoms with Crippen LogP contribution in [0.25, 0.3) is 0 Å². The molecule has 0 aromatic rings. The Morgan fingerprint density at radius 1 is 1.37 bits per heavy atom. The predicted molar refractivity (Wildman–Crippen MR) is 77.6 cm³/mol. The van der Waals surface area contributed by atoms with Crippen LogP contribution in [0.5, 0.6) is 0 Å². The van der Waals surface area contributed by atoms with Crippen molar-refractivity contribution in [3.63, 3.8) is 0 Å². The van der Waals surface area contributed by atoms with Crippen LogP contribution in [0.15, 0.2) is 0 Å². The first-order valence-electron chi connectivity index (χ1n) is 7.48. The van der Waals surface area contributed by atoms with Crippen LogP contribution in [-0.4, -0.2) is 30.2 Å². The molecule has 1 saturated carbocycles. The maximum atomic E-state index is 12.3. The largest absolute Gasteiger partial charge is 0.396 e. The third-order valence-corrected chi connectivity index (χ3v) is 3.99. The molecule has 4 heteroatoms. The number of aliphatic hydroxyl groups excluding tert-OH is 1. The Bertz CT molecular complexity index is 286. The zero-order chi connectivity index (χ0) is 14.5. The van der Waals surface area contributed by atoms with Gasteiger partial charge in [0.05, 0.1) is 5.92 Å². The van der Waals surface area contributed by atoms with Gasteiger partial charge in [-0.3, -0.25) is 4.79 Å². The molecule has 4 nitrogen and oxygen atoms in total. The Morgan fingerprint density at radius 2 is 2.00 bits per heavy atom. The molecule has 0 bridgehead atoms. The molecule has 1 aliphatic carbocycles. The summed E-state index contributed by atoms with van der Waals surface area (Å²) in [6.45, 7) is 6.93. The summed E-state index contributed by atoms with van der Waals surface area (Å²) in [7, 11) is 0. The molecule has 19 heavy (non-hydrogen) atoms. The minimum Gasteiger partial charge on any atom is -0.396 e. The van der Waals surface area contributed by atoms with Crippen LogP contribution in [0.3, 0.4) is 0 Å². The van der Waals surface area contributed by atoms with Crippen LogP contribution in [0.2, 0.25) is 0 Å². The summed E-state index contributed by atoms with van der Waals surface area (Å²) in [4.78, 5) is 12.3. The van der Waals surface area contributed by atoms with Crippen molar-refractivity contribution in [2.24, 2.45) is 23.0 Å². The Kier molecular flexibility index (Phi) is 6.27. The highest BCUT2D eigenvalue weighted by Crippen LogP contribution is 2.26. The van der Waals surface area contributed by atoms with Crippen LogP contribution in [0.4, 0.5) is 0 Å². The van der Waals surface area contributed by atoms with Crippen molar-refractivity contribution < 1.29 is 9.90 Å². The maximum absolute atomic E-state index is 12.3. The number of carbonyl (C=O) groups is 1. The lowest BCUT2D eigenvalue weighted by molar-refractivity contribution is -0.127. The summed E-state index contributed by atoms with van der Waals surface area (Å²) in [5.41, 5.74) is 5.84. The predicted octanol–water partition coefficient (Wildman–Crippen LogP) is 1.66. The molecule has 0 spiro atoms. The van der Waals surface area contributed by atoms with Gasteiger partial charge in [-0.25, -0.2) is 0 Å². The first-order valence-corrected chi connectivity index (χ1v) is 7.48. The van der Waals surface area contributed by atoms with Crippen LogP contribution in [0.1, 0.15) is 52.9 Å². The van der Waals surface area contributed by atoms with Gasteiger partial charge < -0.3 is 16.2 Å². The highest BCUT2D eigenvalue weighted by molar-refractivity contribution is 5.79. The quantitative estimate of drug-likeness (QED) is 0.711. The summed E-state index contributed by atoms with van der Waals surface area (Å²) in [6, 6.07) is 0.125. The summed E-state index contributed by atoms with van der Waals surface area (Å²) in [5.74, 6) is 0.148. The smallest absolute Gasteiger partial charge is 0.224 e. The van der Waals surface area contributed by atoms with E-state index in [-0.39, 0.29) is 35.8 Å². The number of aliphatic hydroxyl groups is 1. The molecule has 0 saturated heterocycles. The fraction of sp³-hybridized carbons (Fsp3) is 0.933. The molecule has 0 aliphatic heterocycles. The Labute approximate surface area is 117 Å². The Hall–Kier alpha value is -0.610. The van der Waals surface area contributed by atoms with Crippen molar-refractivity contribution in [2.45, 2.75) is 58.9 Å². The van der Waals surface area contributed by atoms with Gasteiger partial charge in [-0.05, 0) is 24.7 Å². The first-order chi connectivity index (χ1) is 8.87. The van der Waals surface area contributed by atoms with Crippen molar-refractivity contribution in [3.8, 4) is 0 Å². The van der Waals surface area contributed by atoms with Gasteiger partial charge >= 0.3 is 0 Å². The SMILES string of the molecule is CC(C)(C)CC(CN)C(=O)NC1CCCCC1CO. The number of hydrogen-bond acceptors (Lipinski definition) is 3. The zero-order valence-electron chi connectivity index (χ0n) is 12.6. The normalized spacial score (nSPS) is 25.9. The fourth-order valence-electron chi connectivity index (χ4n) is 2.94. The minimum absolute atomic E-state index is 0.0581. The van der Waals surface area contributed by atoms with Crippen LogP contribution in [-0.2, 0) is 4.79 Å². The Morgan fingerprint density at radius 3 is 2.53 bits per heavy atom. The van der Waals surface area contributed by atoms with Gasteiger partial charge in [-0.2, -0.15) is 0 Å². The van der Waals surface area contributed by atoms with E-state index in [2.05, 4.69) is 26.1 Å². The van der Waals surface area contributed by atoms with Crippen molar-refractivity contribution in [1.29, 1.82) is 0 Å². The number of rotatable bonds is 5. The van der Waals surface area contributed by atoms with E-state index >= 15 is 0 Å². The highest BCUT2D eigenvalue weighted by atomic mass is 16.3. The van der Waals surface area contributed by atoms with E-state index in [1.165, 1.54) is 0 Å². The third kappa shape index (κ3) is 5.49. The molecule has 0 aromatic heterocycles. The molecular formula is C15H30N2O2. The molecule has 3 unspecified atom stereocenters. The highest BCUT2D eigenvalue weighted by Gasteiger charge is 2.29. The molecule has 112 valence electrons. The average Bonchev–Trinajstić information content (AvgIpc) is 2.35. The fourth-order valence-corrected chi connectivity index (χ4v) is 2.94. The molecule has 4 N–H and O–H groups in total. The molecule has 3 atom stereocenters.